The molecule has 0 spiro atoms. The summed E-state index contributed by atoms with van der Waals surface area (Å²) in [5, 5.41) is 20.4. The molecule has 3 rings (SSSR count). The van der Waals surface area contributed by atoms with E-state index >= 15 is 0 Å². The van der Waals surface area contributed by atoms with Gasteiger partial charge in [0.25, 0.3) is 5.56 Å². The van der Waals surface area contributed by atoms with Crippen LogP contribution >= 0.6 is 23.5 Å². The van der Waals surface area contributed by atoms with E-state index < -0.39 is 60.2 Å². The van der Waals surface area contributed by atoms with Gasteiger partial charge in [0.15, 0.2) is 17.4 Å². The van der Waals surface area contributed by atoms with Crippen molar-refractivity contribution in [3.05, 3.63) is 16.7 Å². The third-order valence-corrected chi connectivity index (χ3v) is 7.68. The van der Waals surface area contributed by atoms with E-state index in [0.29, 0.717) is 0 Å². The molecule has 19 nitrogen and oxygen atoms in total. The Hall–Kier alpha value is 1.44. The number of anilines is 1. The predicted octanol–water partition coefficient (Wildman–Crippen LogP) is -11.3. The number of phosphoric ester groups is 1. The first-order chi connectivity index (χ1) is 14.6. The van der Waals surface area contributed by atoms with Gasteiger partial charge in [-0.15, -0.1) is 0 Å². The van der Waals surface area contributed by atoms with E-state index in [1.54, 1.807) is 0 Å². The van der Waals surface area contributed by atoms with Crippen molar-refractivity contribution in [2.24, 2.45) is 0 Å². The van der Waals surface area contributed by atoms with Crippen LogP contribution in [0.4, 0.5) is 5.95 Å². The predicted molar refractivity (Wildman–Crippen MR) is 98.3 cm³/mol. The fourth-order valence-electron chi connectivity index (χ4n) is 2.70. The molecule has 2 unspecified atom stereocenters. The van der Waals surface area contributed by atoms with Crippen LogP contribution in [-0.4, -0.2) is 74.2 Å². The van der Waals surface area contributed by atoms with Crippen molar-refractivity contribution in [3.63, 3.8) is 0 Å². The summed E-state index contributed by atoms with van der Waals surface area (Å²) >= 11 is 0. The molecular formula is C10H16N5Na3O14P3+3. The molecule has 180 valence electrons. The van der Waals surface area contributed by atoms with Crippen molar-refractivity contribution in [1.82, 2.24) is 19.5 Å². The second-order valence-corrected chi connectivity index (χ2v) is 10.6. The number of nitrogens with zero attached hydrogens (tertiary/aromatic N) is 3. The van der Waals surface area contributed by atoms with Crippen LogP contribution in [0.1, 0.15) is 6.23 Å². The van der Waals surface area contributed by atoms with E-state index in [0.717, 1.165) is 10.9 Å². The van der Waals surface area contributed by atoms with Gasteiger partial charge in [-0.1, -0.05) is 0 Å². The topological polar surface area (TPSA) is 299 Å². The van der Waals surface area contributed by atoms with Crippen LogP contribution in [-0.2, 0) is 31.6 Å². The Morgan fingerprint density at radius 1 is 1.06 bits per heavy atom. The van der Waals surface area contributed by atoms with Crippen LogP contribution in [0.15, 0.2) is 11.1 Å². The molecule has 0 bridgehead atoms. The van der Waals surface area contributed by atoms with E-state index in [-0.39, 0.29) is 106 Å². The molecule has 35 heavy (non-hydrogen) atoms. The van der Waals surface area contributed by atoms with Crippen LogP contribution in [0.25, 0.3) is 11.2 Å². The molecule has 0 aromatic carbocycles. The average molecular weight is 592 g/mol. The van der Waals surface area contributed by atoms with Gasteiger partial charge in [0, 0.05) is 0 Å². The monoisotopic (exact) mass is 592 g/mol. The molecule has 1 fully saturated rings. The fourth-order valence-corrected chi connectivity index (χ4v) is 5.73. The fraction of sp³-hybridized carbons (Fsp3) is 0.500. The SMILES string of the molecule is Nc1nc2c(ncn2[C@@H]2O[C@H](COP(=O)(O)OP(=O)(O)OP(=O)(O)O)[C@@H](O)[C@H]2O)c(=O)[nH]1.[Na+].[Na+].[Na+]. The third kappa shape index (κ3) is 9.54. The van der Waals surface area contributed by atoms with Crippen molar-refractivity contribution in [3.8, 4) is 0 Å². The standard InChI is InChI=1S/C10H16N5O14P3.3Na/c11-10-13-7-4(8(18)14-10)12-2-15(7)9-6(17)5(16)3(27-9)1-26-31(22,23)29-32(24,25)28-30(19,20)21;;;/h2-3,5-6,9,16-17H,1H2,(H,22,23)(H,24,25)(H2,19,20,21)(H3,11,13,14,18);;;/q;3*+1/t3-,5-,6-,9-;;;/m1.../s1. The van der Waals surface area contributed by atoms with Crippen molar-refractivity contribution in [1.29, 1.82) is 0 Å². The van der Waals surface area contributed by atoms with E-state index in [9.17, 15) is 33.6 Å². The summed E-state index contributed by atoms with van der Waals surface area (Å²) in [6.07, 6.45) is -5.33. The molecule has 0 amide bonds. The molecule has 1 saturated heterocycles. The Morgan fingerprint density at radius 3 is 2.23 bits per heavy atom. The number of rotatable bonds is 8. The Kier molecular flexibility index (Phi) is 14.2. The average Bonchev–Trinajstić information content (AvgIpc) is 3.12. The van der Waals surface area contributed by atoms with Gasteiger partial charge in [-0.3, -0.25) is 18.9 Å². The van der Waals surface area contributed by atoms with Gasteiger partial charge in [-0.25, -0.2) is 18.7 Å². The summed E-state index contributed by atoms with van der Waals surface area (Å²) in [7, 11) is -16.8. The number of phosphoric acid groups is 3. The second kappa shape index (κ2) is 13.7. The van der Waals surface area contributed by atoms with Crippen molar-refractivity contribution in [2.45, 2.75) is 24.5 Å². The summed E-state index contributed by atoms with van der Waals surface area (Å²) < 4.78 is 51.6. The first-order valence-electron chi connectivity index (χ1n) is 8.11. The number of aromatic amines is 1. The molecular weight excluding hydrogens is 576 g/mol. The van der Waals surface area contributed by atoms with Crippen LogP contribution in [0.3, 0.4) is 0 Å². The van der Waals surface area contributed by atoms with Crippen molar-refractivity contribution >= 4 is 40.6 Å². The third-order valence-electron chi connectivity index (χ3n) is 3.88. The summed E-state index contributed by atoms with van der Waals surface area (Å²) in [4.78, 5) is 57.3. The minimum atomic E-state index is -5.73. The zero-order valence-electron chi connectivity index (χ0n) is 18.3. The number of ether oxygens (including phenoxy) is 1. The first-order valence-corrected chi connectivity index (χ1v) is 12.6. The van der Waals surface area contributed by atoms with Crippen molar-refractivity contribution in [2.75, 3.05) is 12.3 Å². The molecule has 1 aliphatic rings. The van der Waals surface area contributed by atoms with Crippen LogP contribution < -0.4 is 100.0 Å². The number of aliphatic hydroxyl groups excluding tert-OH is 2. The largest absolute Gasteiger partial charge is 1.00 e. The molecule has 0 radical (unpaired) electrons. The maximum Gasteiger partial charge on any atom is 1.00 e. The Bertz CT molecular complexity index is 1220. The number of nitrogens with two attached hydrogens (primary N) is 1. The molecule has 2 aromatic rings. The number of hydrogen-bond acceptors (Lipinski definition) is 13. The number of imidazole rings is 1. The minimum Gasteiger partial charge on any atom is -0.387 e. The van der Waals surface area contributed by atoms with Crippen LogP contribution in [0, 0.1) is 0 Å². The number of nitrogens with one attached hydrogen (secondary N) is 1. The summed E-state index contributed by atoms with van der Waals surface area (Å²) in [6.45, 7) is -1.01. The van der Waals surface area contributed by atoms with E-state index in [1.165, 1.54) is 0 Å². The second-order valence-electron chi connectivity index (χ2n) is 6.21. The number of aromatic nitrogens is 4. The summed E-state index contributed by atoms with van der Waals surface area (Å²) in [6, 6.07) is 0. The smallest absolute Gasteiger partial charge is 0.387 e. The van der Waals surface area contributed by atoms with Gasteiger partial charge in [0.1, 0.15) is 18.3 Å². The number of H-pyrrole nitrogens is 1. The van der Waals surface area contributed by atoms with E-state index in [2.05, 4.69) is 28.1 Å². The molecule has 0 saturated carbocycles. The summed E-state index contributed by atoms with van der Waals surface area (Å²) in [5.41, 5.74) is 4.50. The minimum absolute atomic E-state index is 0. The Labute approximate surface area is 261 Å². The maximum absolute atomic E-state index is 11.9. The number of aliphatic hydroxyl groups is 2. The summed E-state index contributed by atoms with van der Waals surface area (Å²) in [5.74, 6) is -0.276. The molecule has 3 heterocycles. The molecule has 25 heteroatoms. The number of nitrogen functional groups attached to an aromatic ring is 1. The molecule has 2 aromatic heterocycles. The Morgan fingerprint density at radius 2 is 1.66 bits per heavy atom. The van der Waals surface area contributed by atoms with Gasteiger partial charge in [-0.2, -0.15) is 13.6 Å². The quantitative estimate of drug-likeness (QED) is 0.104. The van der Waals surface area contributed by atoms with Crippen LogP contribution in [0.2, 0.25) is 0 Å². The van der Waals surface area contributed by atoms with Gasteiger partial charge < -0.3 is 40.3 Å². The van der Waals surface area contributed by atoms with E-state index in [4.69, 9.17) is 25.2 Å². The first kappa shape index (κ1) is 36.4. The molecule has 0 aliphatic carbocycles. The maximum atomic E-state index is 11.9. The zero-order valence-corrected chi connectivity index (χ0v) is 27.0. The zero-order chi connectivity index (χ0) is 24.1. The van der Waals surface area contributed by atoms with Crippen LogP contribution in [0.5, 0.6) is 0 Å². The molecule has 6 atom stereocenters. The molecule has 9 N–H and O–H groups in total. The van der Waals surface area contributed by atoms with Gasteiger partial charge in [0.2, 0.25) is 5.95 Å². The number of hydrogen-bond donors (Lipinski definition) is 8. The van der Waals surface area contributed by atoms with Gasteiger partial charge in [-0.05, 0) is 0 Å². The van der Waals surface area contributed by atoms with Gasteiger partial charge in [0.05, 0.1) is 12.9 Å². The number of fused-ring (bicyclic) bond motifs is 1. The van der Waals surface area contributed by atoms with Gasteiger partial charge >= 0.3 is 112 Å². The Balaban J connectivity index is 0.00000385. The molecule has 1 aliphatic heterocycles. The normalized spacial score (nSPS) is 25.5. The van der Waals surface area contributed by atoms with E-state index in [1.807, 2.05) is 0 Å². The van der Waals surface area contributed by atoms with Crippen molar-refractivity contribution < 1.29 is 150 Å².